The molecule has 0 aromatic rings. The topological polar surface area (TPSA) is 75.3 Å². The first-order chi connectivity index (χ1) is 6.42. The Hall–Kier alpha value is -0.820. The van der Waals surface area contributed by atoms with E-state index in [1.54, 1.807) is 0 Å². The lowest BCUT2D eigenvalue weighted by Gasteiger charge is -2.21. The van der Waals surface area contributed by atoms with Crippen LogP contribution in [0.3, 0.4) is 0 Å². The molecule has 0 fully saturated rings. The minimum Gasteiger partial charge on any atom is -0.478 e. The van der Waals surface area contributed by atoms with Crippen molar-refractivity contribution in [2.24, 2.45) is 5.73 Å². The summed E-state index contributed by atoms with van der Waals surface area (Å²) in [5.41, 5.74) is 5.08. The maximum absolute atomic E-state index is 13.3. The van der Waals surface area contributed by atoms with Crippen molar-refractivity contribution in [2.75, 3.05) is 13.1 Å². The SMILES string of the molecule is NCCCNC(F)(CC(F)F)C(=O)O. The summed E-state index contributed by atoms with van der Waals surface area (Å²) < 4.78 is 36.9. The van der Waals surface area contributed by atoms with Crippen molar-refractivity contribution >= 4 is 5.97 Å². The van der Waals surface area contributed by atoms with Crippen LogP contribution in [0.1, 0.15) is 12.8 Å². The van der Waals surface area contributed by atoms with Crippen molar-refractivity contribution in [1.82, 2.24) is 5.32 Å². The van der Waals surface area contributed by atoms with Gasteiger partial charge in [-0.05, 0) is 19.5 Å². The molecule has 84 valence electrons. The van der Waals surface area contributed by atoms with Crippen LogP contribution in [-0.4, -0.2) is 36.4 Å². The fourth-order valence-electron chi connectivity index (χ4n) is 0.836. The molecule has 0 radical (unpaired) electrons. The van der Waals surface area contributed by atoms with Crippen LogP contribution < -0.4 is 11.1 Å². The Bertz CT molecular complexity index is 192. The van der Waals surface area contributed by atoms with E-state index in [1.807, 2.05) is 5.32 Å². The largest absolute Gasteiger partial charge is 0.478 e. The highest BCUT2D eigenvalue weighted by Gasteiger charge is 2.40. The molecule has 0 heterocycles. The first-order valence-electron chi connectivity index (χ1n) is 4.08. The predicted octanol–water partition coefficient (Wildman–Crippen LogP) is 0.330. The summed E-state index contributed by atoms with van der Waals surface area (Å²) in [4.78, 5) is 10.3. The zero-order valence-electron chi connectivity index (χ0n) is 7.47. The van der Waals surface area contributed by atoms with Crippen LogP contribution in [0.5, 0.6) is 0 Å². The molecule has 4 N–H and O–H groups in total. The van der Waals surface area contributed by atoms with Gasteiger partial charge in [-0.3, -0.25) is 5.32 Å². The zero-order valence-corrected chi connectivity index (χ0v) is 7.47. The molecule has 0 saturated carbocycles. The molecule has 14 heavy (non-hydrogen) atoms. The number of hydrogen-bond acceptors (Lipinski definition) is 3. The van der Waals surface area contributed by atoms with Crippen LogP contribution in [0, 0.1) is 0 Å². The minimum absolute atomic E-state index is 0.0496. The highest BCUT2D eigenvalue weighted by Crippen LogP contribution is 2.18. The molecule has 0 aliphatic heterocycles. The molecule has 4 nitrogen and oxygen atoms in total. The van der Waals surface area contributed by atoms with Gasteiger partial charge in [0, 0.05) is 0 Å². The number of rotatable bonds is 7. The maximum Gasteiger partial charge on any atom is 0.357 e. The second-order valence-electron chi connectivity index (χ2n) is 2.77. The summed E-state index contributed by atoms with van der Waals surface area (Å²) in [6.45, 7) is 0.184. The lowest BCUT2D eigenvalue weighted by atomic mass is 10.1. The molecule has 0 aliphatic rings. The van der Waals surface area contributed by atoms with Crippen molar-refractivity contribution in [2.45, 2.75) is 25.1 Å². The normalized spacial score (nSPS) is 15.5. The number of nitrogens with one attached hydrogen (secondary N) is 1. The van der Waals surface area contributed by atoms with Gasteiger partial charge < -0.3 is 10.8 Å². The molecule has 0 spiro atoms. The van der Waals surface area contributed by atoms with E-state index < -0.39 is 24.6 Å². The zero-order chi connectivity index (χ0) is 11.2. The van der Waals surface area contributed by atoms with Gasteiger partial charge in [-0.25, -0.2) is 18.0 Å². The van der Waals surface area contributed by atoms with E-state index in [9.17, 15) is 18.0 Å². The number of aliphatic carboxylic acids is 1. The summed E-state index contributed by atoms with van der Waals surface area (Å²) in [6.07, 6.45) is -4.06. The lowest BCUT2D eigenvalue weighted by Crippen LogP contribution is -2.50. The molecule has 0 rings (SSSR count). The van der Waals surface area contributed by atoms with Gasteiger partial charge in [-0.1, -0.05) is 0 Å². The first-order valence-corrected chi connectivity index (χ1v) is 4.08. The molecule has 1 atom stereocenters. The third-order valence-corrected chi connectivity index (χ3v) is 1.56. The third-order valence-electron chi connectivity index (χ3n) is 1.56. The molecule has 0 bridgehead atoms. The van der Waals surface area contributed by atoms with Crippen molar-refractivity contribution in [3.05, 3.63) is 0 Å². The highest BCUT2D eigenvalue weighted by molar-refractivity contribution is 5.76. The van der Waals surface area contributed by atoms with E-state index in [0.29, 0.717) is 6.42 Å². The Kier molecular flexibility index (Phi) is 5.47. The van der Waals surface area contributed by atoms with E-state index in [0.717, 1.165) is 0 Å². The monoisotopic (exact) mass is 214 g/mol. The predicted molar refractivity (Wildman–Crippen MR) is 43.8 cm³/mol. The fraction of sp³-hybridized carbons (Fsp3) is 0.857. The number of alkyl halides is 3. The molecule has 0 aromatic heterocycles. The molecule has 1 unspecified atom stereocenters. The summed E-state index contributed by atoms with van der Waals surface area (Å²) in [5.74, 6) is -5.00. The van der Waals surface area contributed by atoms with Gasteiger partial charge in [0.25, 0.3) is 5.79 Å². The van der Waals surface area contributed by atoms with Gasteiger partial charge in [0.1, 0.15) is 0 Å². The molecule has 7 heteroatoms. The molecule has 0 aromatic carbocycles. The smallest absolute Gasteiger partial charge is 0.357 e. The Morgan fingerprint density at radius 3 is 2.50 bits per heavy atom. The summed E-state index contributed by atoms with van der Waals surface area (Å²) in [6, 6.07) is 0. The van der Waals surface area contributed by atoms with E-state index >= 15 is 0 Å². The molecule has 0 saturated heterocycles. The summed E-state index contributed by atoms with van der Waals surface area (Å²) in [5, 5.41) is 10.3. The van der Waals surface area contributed by atoms with Gasteiger partial charge in [-0.15, -0.1) is 0 Å². The van der Waals surface area contributed by atoms with Crippen LogP contribution in [0.15, 0.2) is 0 Å². The van der Waals surface area contributed by atoms with Gasteiger partial charge in [-0.2, -0.15) is 0 Å². The van der Waals surface area contributed by atoms with E-state index in [4.69, 9.17) is 10.8 Å². The van der Waals surface area contributed by atoms with Crippen molar-refractivity contribution in [3.8, 4) is 0 Å². The second-order valence-corrected chi connectivity index (χ2v) is 2.77. The van der Waals surface area contributed by atoms with Crippen LogP contribution in [0.25, 0.3) is 0 Å². The van der Waals surface area contributed by atoms with Crippen molar-refractivity contribution in [1.29, 1.82) is 0 Å². The number of carboxylic acid groups (broad SMARTS) is 1. The number of halogens is 3. The van der Waals surface area contributed by atoms with Crippen LogP contribution in [0.4, 0.5) is 13.2 Å². The average Bonchev–Trinajstić information content (AvgIpc) is 2.03. The number of carboxylic acids is 1. The Balaban J connectivity index is 4.17. The highest BCUT2D eigenvalue weighted by atomic mass is 19.3. The second kappa shape index (κ2) is 5.82. The summed E-state index contributed by atoms with van der Waals surface area (Å²) >= 11 is 0. The molecular weight excluding hydrogens is 201 g/mol. The van der Waals surface area contributed by atoms with E-state index in [1.165, 1.54) is 0 Å². The fourth-order valence-corrected chi connectivity index (χ4v) is 0.836. The van der Waals surface area contributed by atoms with Crippen LogP contribution in [-0.2, 0) is 4.79 Å². The van der Waals surface area contributed by atoms with E-state index in [-0.39, 0.29) is 13.1 Å². The number of nitrogens with two attached hydrogens (primary N) is 1. The van der Waals surface area contributed by atoms with Gasteiger partial charge in [0.05, 0.1) is 6.42 Å². The number of hydrogen-bond donors (Lipinski definition) is 3. The van der Waals surface area contributed by atoms with Gasteiger partial charge in [0.2, 0.25) is 6.43 Å². The van der Waals surface area contributed by atoms with Crippen molar-refractivity contribution < 1.29 is 23.1 Å². The summed E-state index contributed by atoms with van der Waals surface area (Å²) in [7, 11) is 0. The molecule has 0 amide bonds. The Morgan fingerprint density at radius 1 is 1.57 bits per heavy atom. The average molecular weight is 214 g/mol. The molecular formula is C7H13F3N2O2. The standard InChI is InChI=1S/C7H13F3N2O2/c8-5(9)4-7(10,6(13)14)12-3-1-2-11/h5,12H,1-4,11H2,(H,13,14). The Morgan fingerprint density at radius 2 is 2.14 bits per heavy atom. The minimum atomic E-state index is -3.07. The first kappa shape index (κ1) is 13.2. The van der Waals surface area contributed by atoms with Gasteiger partial charge >= 0.3 is 5.97 Å². The molecule has 0 aliphatic carbocycles. The van der Waals surface area contributed by atoms with Crippen LogP contribution >= 0.6 is 0 Å². The quantitative estimate of drug-likeness (QED) is 0.421. The van der Waals surface area contributed by atoms with Gasteiger partial charge in [0.15, 0.2) is 0 Å². The number of carbonyl (C=O) groups is 1. The maximum atomic E-state index is 13.3. The van der Waals surface area contributed by atoms with Crippen molar-refractivity contribution in [3.63, 3.8) is 0 Å². The lowest BCUT2D eigenvalue weighted by molar-refractivity contribution is -0.156. The third kappa shape index (κ3) is 4.43. The Labute approximate surface area is 79.3 Å². The van der Waals surface area contributed by atoms with E-state index in [2.05, 4.69) is 0 Å². The van der Waals surface area contributed by atoms with Crippen LogP contribution in [0.2, 0.25) is 0 Å².